The molecule has 118 valence electrons. The van der Waals surface area contributed by atoms with E-state index in [2.05, 4.69) is 9.71 Å². The van der Waals surface area contributed by atoms with Gasteiger partial charge in [0, 0.05) is 11.6 Å². The number of benzene rings is 2. The fourth-order valence-corrected chi connectivity index (χ4v) is 3.63. The summed E-state index contributed by atoms with van der Waals surface area (Å²) in [5.74, 6) is 0.0410. The molecular weight excluding hydrogens is 308 g/mol. The van der Waals surface area contributed by atoms with Gasteiger partial charge in [0.2, 0.25) is 10.0 Å². The molecule has 0 unspecified atom stereocenters. The van der Waals surface area contributed by atoms with Crippen LogP contribution in [0.15, 0.2) is 60.8 Å². The second-order valence-corrected chi connectivity index (χ2v) is 7.39. The van der Waals surface area contributed by atoms with Crippen molar-refractivity contribution in [2.45, 2.75) is 13.3 Å². The monoisotopic (exact) mass is 326 g/mol. The van der Waals surface area contributed by atoms with Crippen LogP contribution in [0.5, 0.6) is 0 Å². The first-order valence-electron chi connectivity index (χ1n) is 7.43. The average Bonchev–Trinajstić information content (AvgIpc) is 2.54. The van der Waals surface area contributed by atoms with E-state index < -0.39 is 10.0 Å². The first-order chi connectivity index (χ1) is 11.0. The molecule has 1 N–H and O–H groups in total. The smallest absolute Gasteiger partial charge is 0.233 e. The highest BCUT2D eigenvalue weighted by atomic mass is 32.2. The van der Waals surface area contributed by atoms with Gasteiger partial charge in [0.1, 0.15) is 0 Å². The van der Waals surface area contributed by atoms with E-state index in [-0.39, 0.29) is 5.75 Å². The van der Waals surface area contributed by atoms with Crippen LogP contribution in [0.2, 0.25) is 0 Å². The van der Waals surface area contributed by atoms with Crippen molar-refractivity contribution in [3.05, 3.63) is 71.9 Å². The number of rotatable bonds is 5. The maximum Gasteiger partial charge on any atom is 0.233 e. The van der Waals surface area contributed by atoms with Crippen molar-refractivity contribution in [2.24, 2.45) is 0 Å². The predicted molar refractivity (Wildman–Crippen MR) is 94.0 cm³/mol. The van der Waals surface area contributed by atoms with Gasteiger partial charge in [-0.25, -0.2) is 8.42 Å². The van der Waals surface area contributed by atoms with E-state index in [0.717, 1.165) is 16.5 Å². The number of nitrogens with one attached hydrogen (secondary N) is 1. The van der Waals surface area contributed by atoms with Crippen molar-refractivity contribution in [2.75, 3.05) is 10.5 Å². The zero-order chi connectivity index (χ0) is 16.3. The lowest BCUT2D eigenvalue weighted by molar-refractivity contribution is 0.600. The summed E-state index contributed by atoms with van der Waals surface area (Å²) in [5, 5.41) is 0.924. The second kappa shape index (κ2) is 6.38. The fraction of sp³-hybridized carbons (Fsp3) is 0.167. The Morgan fingerprint density at radius 1 is 1.04 bits per heavy atom. The first kappa shape index (κ1) is 15.5. The van der Waals surface area contributed by atoms with E-state index in [1.54, 1.807) is 6.20 Å². The predicted octanol–water partition coefficient (Wildman–Crippen LogP) is 3.53. The van der Waals surface area contributed by atoms with Gasteiger partial charge in [-0.05, 0) is 42.7 Å². The molecule has 4 nitrogen and oxygen atoms in total. The molecule has 5 heteroatoms. The Morgan fingerprint density at radius 3 is 2.61 bits per heavy atom. The van der Waals surface area contributed by atoms with Crippen molar-refractivity contribution in [1.29, 1.82) is 0 Å². The third-order valence-electron chi connectivity index (χ3n) is 3.62. The molecule has 0 radical (unpaired) electrons. The molecule has 0 atom stereocenters. The van der Waals surface area contributed by atoms with Gasteiger partial charge in [0.15, 0.2) is 0 Å². The minimum atomic E-state index is -3.43. The van der Waals surface area contributed by atoms with Crippen LogP contribution in [0.1, 0.15) is 11.1 Å². The topological polar surface area (TPSA) is 59.1 Å². The first-order valence-corrected chi connectivity index (χ1v) is 9.08. The number of pyridine rings is 1. The minimum Gasteiger partial charge on any atom is -0.281 e. The Bertz CT molecular complexity index is 922. The summed E-state index contributed by atoms with van der Waals surface area (Å²) >= 11 is 0. The van der Waals surface area contributed by atoms with Crippen molar-refractivity contribution in [3.8, 4) is 0 Å². The number of hydrogen-bond donors (Lipinski definition) is 1. The maximum atomic E-state index is 12.4. The van der Waals surface area contributed by atoms with Gasteiger partial charge in [-0.2, -0.15) is 0 Å². The van der Waals surface area contributed by atoms with Gasteiger partial charge in [-0.15, -0.1) is 0 Å². The quantitative estimate of drug-likeness (QED) is 0.780. The molecule has 0 saturated heterocycles. The van der Waals surface area contributed by atoms with Crippen LogP contribution in [0.25, 0.3) is 10.9 Å². The lowest BCUT2D eigenvalue weighted by Crippen LogP contribution is -2.18. The Hall–Kier alpha value is -2.40. The third-order valence-corrected chi connectivity index (χ3v) is 4.89. The van der Waals surface area contributed by atoms with E-state index in [9.17, 15) is 8.42 Å². The molecule has 1 heterocycles. The Kier molecular flexibility index (Phi) is 4.30. The van der Waals surface area contributed by atoms with Crippen LogP contribution in [-0.4, -0.2) is 19.2 Å². The van der Waals surface area contributed by atoms with Gasteiger partial charge < -0.3 is 0 Å². The summed E-state index contributed by atoms with van der Waals surface area (Å²) in [6.07, 6.45) is 2.15. The molecule has 0 fully saturated rings. The highest BCUT2D eigenvalue weighted by Crippen LogP contribution is 2.24. The normalized spacial score (nSPS) is 11.5. The molecule has 0 aliphatic carbocycles. The molecule has 0 amide bonds. The number of anilines is 1. The van der Waals surface area contributed by atoms with E-state index in [1.807, 2.05) is 61.5 Å². The number of aryl methyl sites for hydroxylation is 2. The lowest BCUT2D eigenvalue weighted by atomic mass is 10.1. The number of aromatic nitrogens is 1. The van der Waals surface area contributed by atoms with Crippen LogP contribution in [0.4, 0.5) is 5.69 Å². The summed E-state index contributed by atoms with van der Waals surface area (Å²) in [6, 6.07) is 17.2. The fourth-order valence-electron chi connectivity index (χ4n) is 2.54. The van der Waals surface area contributed by atoms with E-state index in [1.165, 1.54) is 0 Å². The van der Waals surface area contributed by atoms with Gasteiger partial charge in [-0.3, -0.25) is 9.71 Å². The molecule has 3 aromatic rings. The zero-order valence-corrected chi connectivity index (χ0v) is 13.7. The molecule has 0 aliphatic rings. The Balaban J connectivity index is 1.83. The van der Waals surface area contributed by atoms with Crippen molar-refractivity contribution in [1.82, 2.24) is 4.98 Å². The summed E-state index contributed by atoms with van der Waals surface area (Å²) in [6.45, 7) is 1.94. The molecule has 0 saturated carbocycles. The van der Waals surface area contributed by atoms with Gasteiger partial charge in [0.05, 0.1) is 17.0 Å². The molecule has 3 rings (SSSR count). The van der Waals surface area contributed by atoms with Gasteiger partial charge in [0.25, 0.3) is 0 Å². The molecule has 0 aliphatic heterocycles. The van der Waals surface area contributed by atoms with Crippen LogP contribution in [-0.2, 0) is 16.4 Å². The van der Waals surface area contributed by atoms with E-state index >= 15 is 0 Å². The Labute approximate surface area is 136 Å². The highest BCUT2D eigenvalue weighted by molar-refractivity contribution is 7.92. The second-order valence-electron chi connectivity index (χ2n) is 5.54. The minimum absolute atomic E-state index is 0.0410. The molecule has 0 bridgehead atoms. The number of nitrogens with zero attached hydrogens (tertiary/aromatic N) is 1. The molecule has 2 aromatic carbocycles. The summed E-state index contributed by atoms with van der Waals surface area (Å²) in [7, 11) is -3.43. The standard InChI is InChI=1S/C18H18N2O2S/c1-14-12-16-8-5-10-19-18(16)17(13-14)20-23(21,22)11-9-15-6-3-2-4-7-15/h2-8,10,12-13,20H,9,11H2,1H3. The zero-order valence-electron chi connectivity index (χ0n) is 12.9. The largest absolute Gasteiger partial charge is 0.281 e. The SMILES string of the molecule is Cc1cc(NS(=O)(=O)CCc2ccccc2)c2ncccc2c1. The van der Waals surface area contributed by atoms with Crippen LogP contribution >= 0.6 is 0 Å². The molecule has 0 spiro atoms. The number of fused-ring (bicyclic) bond motifs is 1. The summed E-state index contributed by atoms with van der Waals surface area (Å²) in [4.78, 5) is 4.30. The molecule has 23 heavy (non-hydrogen) atoms. The highest BCUT2D eigenvalue weighted by Gasteiger charge is 2.13. The Morgan fingerprint density at radius 2 is 1.83 bits per heavy atom. The van der Waals surface area contributed by atoms with Gasteiger partial charge in [-0.1, -0.05) is 36.4 Å². The number of sulfonamides is 1. The average molecular weight is 326 g/mol. The van der Waals surface area contributed by atoms with Crippen LogP contribution in [0, 0.1) is 6.92 Å². The van der Waals surface area contributed by atoms with Crippen LogP contribution < -0.4 is 4.72 Å². The summed E-state index contributed by atoms with van der Waals surface area (Å²) < 4.78 is 27.5. The van der Waals surface area contributed by atoms with Crippen molar-refractivity contribution in [3.63, 3.8) is 0 Å². The van der Waals surface area contributed by atoms with Crippen molar-refractivity contribution >= 4 is 26.6 Å². The molecular formula is C18H18N2O2S. The van der Waals surface area contributed by atoms with E-state index in [4.69, 9.17) is 0 Å². The number of hydrogen-bond acceptors (Lipinski definition) is 3. The van der Waals surface area contributed by atoms with Gasteiger partial charge >= 0.3 is 0 Å². The third kappa shape index (κ3) is 3.87. The summed E-state index contributed by atoms with van der Waals surface area (Å²) in [5.41, 5.74) is 3.20. The maximum absolute atomic E-state index is 12.4. The lowest BCUT2D eigenvalue weighted by Gasteiger charge is -2.11. The van der Waals surface area contributed by atoms with Crippen LogP contribution in [0.3, 0.4) is 0 Å². The van der Waals surface area contributed by atoms with E-state index in [0.29, 0.717) is 17.6 Å². The van der Waals surface area contributed by atoms with Crippen molar-refractivity contribution < 1.29 is 8.42 Å². The molecule has 1 aromatic heterocycles.